The van der Waals surface area contributed by atoms with Gasteiger partial charge in [0.15, 0.2) is 0 Å². The highest BCUT2D eigenvalue weighted by molar-refractivity contribution is 5.95. The van der Waals surface area contributed by atoms with Crippen LogP contribution in [0.2, 0.25) is 0 Å². The molecule has 10 atom stereocenters. The van der Waals surface area contributed by atoms with Crippen molar-refractivity contribution in [3.8, 4) is 0 Å². The maximum absolute atomic E-state index is 14.2. The zero-order chi connectivity index (χ0) is 56.1. The average molecular weight is 1090 g/mol. The van der Waals surface area contributed by atoms with Crippen molar-refractivity contribution in [3.63, 3.8) is 0 Å². The lowest BCUT2D eigenvalue weighted by molar-refractivity contribution is -0.143. The van der Waals surface area contributed by atoms with E-state index in [0.29, 0.717) is 50.2 Å². The van der Waals surface area contributed by atoms with Crippen LogP contribution < -0.4 is 31.9 Å². The lowest BCUT2D eigenvalue weighted by atomic mass is 10.0. The first-order valence-corrected chi connectivity index (χ1v) is 29.1. The van der Waals surface area contributed by atoms with Gasteiger partial charge in [-0.05, 0) is 153 Å². The first-order chi connectivity index (χ1) is 38.9. The number of hydrogen-bond donors (Lipinski definition) is 6. The summed E-state index contributed by atoms with van der Waals surface area (Å²) in [5, 5.41) is 36.2. The molecule has 5 unspecified atom stereocenters. The number of nitrogens with one attached hydrogen (secondary N) is 6. The first kappa shape index (κ1) is 57.4. The molecule has 0 saturated carbocycles. The van der Waals surface area contributed by atoms with Crippen LogP contribution in [-0.2, 0) is 54.7 Å². The van der Waals surface area contributed by atoms with E-state index in [1.165, 1.54) is 11.1 Å². The summed E-state index contributed by atoms with van der Waals surface area (Å²) in [7, 11) is 3.41. The van der Waals surface area contributed by atoms with E-state index in [2.05, 4.69) is 76.8 Å². The third kappa shape index (κ3) is 14.0. The Morgan fingerprint density at radius 2 is 0.925 bits per heavy atom. The van der Waals surface area contributed by atoms with E-state index in [9.17, 15) is 28.8 Å². The van der Waals surface area contributed by atoms with Gasteiger partial charge in [0, 0.05) is 25.2 Å². The van der Waals surface area contributed by atoms with Crippen molar-refractivity contribution in [2.24, 2.45) is 0 Å². The molecule has 3 aromatic carbocycles. The van der Waals surface area contributed by atoms with Gasteiger partial charge < -0.3 is 41.7 Å². The zero-order valence-electron chi connectivity index (χ0n) is 46.8. The fraction of sp³-hybridized carbons (Fsp3) is 0.533. The first-order valence-electron chi connectivity index (χ1n) is 29.1. The van der Waals surface area contributed by atoms with Gasteiger partial charge in [0.05, 0.1) is 36.6 Å². The van der Waals surface area contributed by atoms with Crippen LogP contribution in [0.25, 0.3) is 0 Å². The van der Waals surface area contributed by atoms with Crippen molar-refractivity contribution < 1.29 is 28.8 Å². The van der Waals surface area contributed by atoms with E-state index >= 15 is 0 Å². The molecule has 5 aromatic rings. The topological polar surface area (TPSA) is 242 Å². The summed E-state index contributed by atoms with van der Waals surface area (Å²) >= 11 is 0. The molecule has 80 heavy (non-hydrogen) atoms. The third-order valence-corrected chi connectivity index (χ3v) is 16.8. The number of nitrogens with zero attached hydrogens (tertiary/aromatic N) is 8. The number of amides is 6. The maximum Gasteiger partial charge on any atom is 0.246 e. The predicted molar refractivity (Wildman–Crippen MR) is 301 cm³/mol. The molecule has 0 aliphatic carbocycles. The molecule has 6 amide bonds. The van der Waals surface area contributed by atoms with Gasteiger partial charge in [0.2, 0.25) is 35.4 Å². The Bertz CT molecular complexity index is 2690. The van der Waals surface area contributed by atoms with E-state index in [1.54, 1.807) is 37.7 Å². The molecule has 4 aliphatic rings. The van der Waals surface area contributed by atoms with E-state index < -0.39 is 48.3 Å². The molecule has 20 heteroatoms. The standard InChI is InChI=1S/C60H80N14O6/c1-39(61-3)55(75)63-47-25-15-23-45-31-33-51(73(45)59(47)79)57(77)65-53(43-19-7-5-8-20-43)49-37-71(69-67-49)35-13-11-17-41-27-29-42(30-28-41)18-12-14-36-72-38-50(68-70-72)54(44-21-9-6-10-22-44)66-58(78)52-34-32-46-24-16-26-48(60(80)74(46)52)64-56(76)40(2)62-4/h5-10,19-22,27-30,37-40,45-48,51-54,61-62H,11-18,23-26,31-36H2,1-4H3,(H,63,75)(H,64,76)(H,65,77)(H,66,78)/t39-,40-,45?,46?,47?,48?,51-,52?,53-,54-/m0/s1. The van der Waals surface area contributed by atoms with Gasteiger partial charge in [-0.2, -0.15) is 0 Å². The second-order valence-corrected chi connectivity index (χ2v) is 22.2. The molecule has 426 valence electrons. The number of hydrogen-bond acceptors (Lipinski definition) is 12. The van der Waals surface area contributed by atoms with Crippen LogP contribution in [-0.4, -0.2) is 138 Å². The minimum atomic E-state index is -0.669. The van der Waals surface area contributed by atoms with Crippen LogP contribution in [0.3, 0.4) is 0 Å². The highest BCUT2D eigenvalue weighted by Crippen LogP contribution is 2.35. The number of aromatic nitrogens is 6. The summed E-state index contributed by atoms with van der Waals surface area (Å²) in [6.45, 7) is 4.85. The minimum absolute atomic E-state index is 0.0415. The van der Waals surface area contributed by atoms with Crippen LogP contribution in [0.1, 0.15) is 149 Å². The fourth-order valence-electron chi connectivity index (χ4n) is 12.0. The van der Waals surface area contributed by atoms with Crippen LogP contribution >= 0.6 is 0 Å². The number of unbranched alkanes of at least 4 members (excludes halogenated alkanes) is 2. The SMILES string of the molecule is CN[C@@H](C)C(=O)NC1CCCC2CCC(C(=O)N[C@@H](c3ccccc3)c3cn(CCCCc4ccc(CCCCn5cc([C@@H](NC(=O)[C@@H]6CCC7CCCC(NC(=O)[C@H](C)NC)C(=O)N76)c6ccccc6)nn5)cc4)nn3)N2C1=O. The van der Waals surface area contributed by atoms with E-state index in [0.717, 1.165) is 88.2 Å². The number of carbonyl (C=O) groups is 6. The second-order valence-electron chi connectivity index (χ2n) is 22.2. The minimum Gasteiger partial charge on any atom is -0.343 e. The Labute approximate surface area is 469 Å². The Morgan fingerprint density at radius 3 is 1.31 bits per heavy atom. The largest absolute Gasteiger partial charge is 0.343 e. The van der Waals surface area contributed by atoms with Gasteiger partial charge in [-0.15, -0.1) is 10.2 Å². The van der Waals surface area contributed by atoms with Crippen LogP contribution in [0.5, 0.6) is 0 Å². The number of aryl methyl sites for hydroxylation is 4. The summed E-state index contributed by atoms with van der Waals surface area (Å²) in [6.07, 6.45) is 16.2. The number of benzene rings is 3. The summed E-state index contributed by atoms with van der Waals surface area (Å²) in [5.41, 5.74) is 5.52. The fourth-order valence-corrected chi connectivity index (χ4v) is 12.0. The van der Waals surface area contributed by atoms with Crippen LogP contribution in [0, 0.1) is 0 Å². The molecule has 2 aromatic heterocycles. The number of rotatable bonds is 24. The Kier molecular flexibility index (Phi) is 19.5. The summed E-state index contributed by atoms with van der Waals surface area (Å²) in [4.78, 5) is 85.3. The van der Waals surface area contributed by atoms with Gasteiger partial charge in [-0.3, -0.25) is 38.1 Å². The molecule has 9 rings (SSSR count). The summed E-state index contributed by atoms with van der Waals surface area (Å²) in [5.74, 6) is -1.34. The summed E-state index contributed by atoms with van der Waals surface area (Å²) < 4.78 is 3.67. The smallest absolute Gasteiger partial charge is 0.246 e. The van der Waals surface area contributed by atoms with Gasteiger partial charge in [-0.25, -0.2) is 0 Å². The van der Waals surface area contributed by atoms with Crippen molar-refractivity contribution in [1.29, 1.82) is 0 Å². The average Bonchev–Trinajstić information content (AvgIpc) is 4.35. The number of fused-ring (bicyclic) bond motifs is 2. The Hall–Kier alpha value is -7.32. The van der Waals surface area contributed by atoms with E-state index in [1.807, 2.05) is 82.4 Å². The molecule has 20 nitrogen and oxygen atoms in total. The molecular weight excluding hydrogens is 1010 g/mol. The third-order valence-electron chi connectivity index (χ3n) is 16.8. The van der Waals surface area contributed by atoms with Crippen molar-refractivity contribution in [2.45, 2.75) is 190 Å². The zero-order valence-corrected chi connectivity index (χ0v) is 46.8. The second kappa shape index (κ2) is 27.2. The van der Waals surface area contributed by atoms with Gasteiger partial charge in [-0.1, -0.05) is 95.4 Å². The monoisotopic (exact) mass is 1090 g/mol. The van der Waals surface area contributed by atoms with Crippen molar-refractivity contribution in [3.05, 3.63) is 131 Å². The molecule has 4 aliphatic heterocycles. The molecule has 4 fully saturated rings. The lowest BCUT2D eigenvalue weighted by Crippen LogP contribution is -2.56. The van der Waals surface area contributed by atoms with Crippen molar-refractivity contribution >= 4 is 35.4 Å². The summed E-state index contributed by atoms with van der Waals surface area (Å²) in [6, 6.07) is 23.5. The molecule has 4 saturated heterocycles. The normalized spacial score (nSPS) is 22.5. The van der Waals surface area contributed by atoms with Crippen LogP contribution in [0.15, 0.2) is 97.3 Å². The molecule has 0 bridgehead atoms. The van der Waals surface area contributed by atoms with Crippen molar-refractivity contribution in [1.82, 2.24) is 71.7 Å². The molecule has 0 spiro atoms. The number of carbonyl (C=O) groups excluding carboxylic acids is 6. The van der Waals surface area contributed by atoms with Gasteiger partial charge in [0.1, 0.15) is 35.6 Å². The lowest BCUT2D eigenvalue weighted by Gasteiger charge is -2.31. The van der Waals surface area contributed by atoms with Crippen LogP contribution in [0.4, 0.5) is 0 Å². The van der Waals surface area contributed by atoms with Gasteiger partial charge in [0.25, 0.3) is 0 Å². The molecule has 0 radical (unpaired) electrons. The quantitative estimate of drug-likeness (QED) is 0.0465. The maximum atomic E-state index is 14.2. The highest BCUT2D eigenvalue weighted by Gasteiger charge is 2.47. The molecule has 6 heterocycles. The van der Waals surface area contributed by atoms with E-state index in [-0.39, 0.29) is 47.5 Å². The van der Waals surface area contributed by atoms with Crippen molar-refractivity contribution in [2.75, 3.05) is 14.1 Å². The van der Waals surface area contributed by atoms with E-state index in [4.69, 9.17) is 0 Å². The van der Waals surface area contributed by atoms with Gasteiger partial charge >= 0.3 is 0 Å². The predicted octanol–water partition coefficient (Wildman–Crippen LogP) is 4.60. The Balaban J connectivity index is 0.729. The highest BCUT2D eigenvalue weighted by atomic mass is 16.2. The Morgan fingerprint density at radius 1 is 0.525 bits per heavy atom. The number of likely N-dealkylation sites (N-methyl/N-ethyl adjacent to an activating group) is 2. The molecule has 6 N–H and O–H groups in total. The molecular formula is C60H80N14O6.